The van der Waals surface area contributed by atoms with Crippen LogP contribution in [-0.4, -0.2) is 70.8 Å². The van der Waals surface area contributed by atoms with E-state index >= 15 is 0 Å². The van der Waals surface area contributed by atoms with Gasteiger partial charge in [-0.1, -0.05) is 35.9 Å². The molecule has 0 aliphatic carbocycles. The average Bonchev–Trinajstić information content (AvgIpc) is 2.97. The molecule has 2 aromatic carbocycles. The fourth-order valence-corrected chi connectivity index (χ4v) is 4.63. The molecule has 4 amide bonds. The summed E-state index contributed by atoms with van der Waals surface area (Å²) in [6.45, 7) is 0.535. The Kier molecular flexibility index (Phi) is 5.92. The van der Waals surface area contributed by atoms with Crippen LogP contribution >= 0.6 is 11.6 Å². The Hall–Kier alpha value is -2.97. The minimum absolute atomic E-state index is 0.0342. The number of piperazine rings is 1. The molecule has 9 heteroatoms. The zero-order valence-corrected chi connectivity index (χ0v) is 18.4. The molecule has 0 saturated carbocycles. The molecule has 32 heavy (non-hydrogen) atoms. The Morgan fingerprint density at radius 3 is 2.38 bits per heavy atom. The number of rotatable bonds is 5. The normalized spacial score (nSPS) is 21.7. The number of imide groups is 1. The number of urea groups is 1. The van der Waals surface area contributed by atoms with Crippen LogP contribution in [-0.2, 0) is 22.4 Å². The van der Waals surface area contributed by atoms with Gasteiger partial charge in [-0.2, -0.15) is 0 Å². The monoisotopic (exact) mass is 458 g/mol. The van der Waals surface area contributed by atoms with Crippen molar-refractivity contribution in [3.05, 3.63) is 70.5 Å². The predicted octanol–water partition coefficient (Wildman–Crippen LogP) is 2.07. The lowest BCUT2D eigenvalue weighted by atomic mass is 9.86. The second-order valence-electron chi connectivity index (χ2n) is 8.33. The van der Waals surface area contributed by atoms with Gasteiger partial charge in [0.2, 0.25) is 5.91 Å². The van der Waals surface area contributed by atoms with Gasteiger partial charge < -0.3 is 15.5 Å². The summed E-state index contributed by atoms with van der Waals surface area (Å²) in [4.78, 5) is 43.3. The molecular formula is C23H24ClFN4O3. The highest BCUT2D eigenvalue weighted by atomic mass is 35.5. The van der Waals surface area contributed by atoms with Crippen molar-refractivity contribution < 1.29 is 18.8 Å². The molecule has 2 aliphatic heterocycles. The number of hydrogen-bond donors (Lipinski definition) is 1. The van der Waals surface area contributed by atoms with Crippen LogP contribution < -0.4 is 5.73 Å². The molecule has 2 aromatic rings. The lowest BCUT2D eigenvalue weighted by molar-refractivity contribution is -0.142. The maximum absolute atomic E-state index is 13.4. The van der Waals surface area contributed by atoms with Crippen molar-refractivity contribution in [2.75, 3.05) is 26.7 Å². The van der Waals surface area contributed by atoms with Crippen LogP contribution in [0, 0.1) is 5.82 Å². The molecule has 0 radical (unpaired) electrons. The predicted molar refractivity (Wildman–Crippen MR) is 117 cm³/mol. The van der Waals surface area contributed by atoms with E-state index in [2.05, 4.69) is 0 Å². The molecular weight excluding hydrogens is 435 g/mol. The van der Waals surface area contributed by atoms with E-state index in [4.69, 9.17) is 17.3 Å². The topological polar surface area (TPSA) is 87.0 Å². The first kappa shape index (κ1) is 22.2. The number of halogens is 2. The van der Waals surface area contributed by atoms with E-state index in [1.165, 1.54) is 24.1 Å². The molecule has 2 aliphatic rings. The second-order valence-corrected chi connectivity index (χ2v) is 8.77. The Balaban J connectivity index is 1.57. The van der Waals surface area contributed by atoms with Gasteiger partial charge in [0.15, 0.2) is 0 Å². The fourth-order valence-electron chi connectivity index (χ4n) is 4.51. The van der Waals surface area contributed by atoms with Gasteiger partial charge >= 0.3 is 6.03 Å². The Morgan fingerprint density at radius 1 is 1.09 bits per heavy atom. The summed E-state index contributed by atoms with van der Waals surface area (Å²) in [6, 6.07) is 11.7. The Bertz CT molecular complexity index is 1050. The van der Waals surface area contributed by atoms with Gasteiger partial charge in [0.05, 0.1) is 12.6 Å². The second kappa shape index (κ2) is 8.52. The number of likely N-dealkylation sites (N-methyl/N-ethyl adjacent to an activating group) is 1. The van der Waals surface area contributed by atoms with Crippen molar-refractivity contribution in [1.82, 2.24) is 14.7 Å². The number of hydrogen-bond acceptors (Lipinski definition) is 4. The van der Waals surface area contributed by atoms with Crippen LogP contribution in [0.1, 0.15) is 11.1 Å². The summed E-state index contributed by atoms with van der Waals surface area (Å²) < 4.78 is 13.4. The summed E-state index contributed by atoms with van der Waals surface area (Å²) in [7, 11) is 1.44. The summed E-state index contributed by atoms with van der Waals surface area (Å²) in [6.07, 6.45) is 0.506. The van der Waals surface area contributed by atoms with Gasteiger partial charge in [-0.05, 0) is 41.8 Å². The first-order chi connectivity index (χ1) is 15.2. The lowest BCUT2D eigenvalue weighted by Gasteiger charge is -2.45. The zero-order chi connectivity index (χ0) is 23.0. The van der Waals surface area contributed by atoms with Crippen LogP contribution in [0.4, 0.5) is 9.18 Å². The molecule has 2 saturated heterocycles. The first-order valence-electron chi connectivity index (χ1n) is 10.3. The molecule has 168 valence electrons. The Labute approximate surface area is 190 Å². The highest BCUT2D eigenvalue weighted by Crippen LogP contribution is 2.34. The molecule has 1 unspecified atom stereocenters. The van der Waals surface area contributed by atoms with Crippen molar-refractivity contribution in [3.8, 4) is 0 Å². The maximum atomic E-state index is 13.4. The van der Waals surface area contributed by atoms with E-state index in [1.807, 2.05) is 12.1 Å². The average molecular weight is 459 g/mol. The molecule has 0 bridgehead atoms. The molecule has 2 atom stereocenters. The largest absolute Gasteiger partial charge is 0.337 e. The molecule has 2 N–H and O–H groups in total. The molecule has 0 aromatic heterocycles. The van der Waals surface area contributed by atoms with Crippen molar-refractivity contribution in [2.24, 2.45) is 5.73 Å². The van der Waals surface area contributed by atoms with Crippen molar-refractivity contribution in [3.63, 3.8) is 0 Å². The van der Waals surface area contributed by atoms with Crippen LogP contribution in [0.15, 0.2) is 48.5 Å². The van der Waals surface area contributed by atoms with Crippen LogP contribution in [0.25, 0.3) is 0 Å². The standard InChI is InChI=1S/C23H24ClFN4O3/c1-27-21(31)23(13-16-4-8-18(25)9-5-16)14-28(10-11-29(23)22(27)32)20(30)19(26)12-15-2-6-17(24)7-3-15/h2-9,19H,10-14,26H2,1H3/t19-,23?/m1/s1. The number of amides is 4. The number of carbonyl (C=O) groups is 3. The van der Waals surface area contributed by atoms with Crippen molar-refractivity contribution in [1.29, 1.82) is 0 Å². The number of carbonyl (C=O) groups excluding carboxylic acids is 3. The van der Waals surface area contributed by atoms with Crippen LogP contribution in [0.5, 0.6) is 0 Å². The summed E-state index contributed by atoms with van der Waals surface area (Å²) in [5.74, 6) is -1.05. The SMILES string of the molecule is CN1C(=O)N2CCN(C(=O)[C@H](N)Cc3ccc(Cl)cc3)CC2(Cc2ccc(F)cc2)C1=O. The lowest BCUT2D eigenvalue weighted by Crippen LogP contribution is -2.66. The number of fused-ring (bicyclic) bond motifs is 1. The van der Waals surface area contributed by atoms with Gasteiger partial charge in [0.25, 0.3) is 5.91 Å². The van der Waals surface area contributed by atoms with E-state index in [0.717, 1.165) is 10.5 Å². The molecule has 2 fully saturated rings. The van der Waals surface area contributed by atoms with Crippen molar-refractivity contribution >= 4 is 29.4 Å². The minimum Gasteiger partial charge on any atom is -0.337 e. The van der Waals surface area contributed by atoms with Gasteiger partial charge in [0, 0.05) is 31.6 Å². The van der Waals surface area contributed by atoms with Crippen LogP contribution in [0.2, 0.25) is 5.02 Å². The summed E-state index contributed by atoms with van der Waals surface area (Å²) in [5.41, 5.74) is 6.55. The number of nitrogens with zero attached hydrogens (tertiary/aromatic N) is 3. The molecule has 4 rings (SSSR count). The third kappa shape index (κ3) is 3.96. The first-order valence-corrected chi connectivity index (χ1v) is 10.7. The van der Waals surface area contributed by atoms with E-state index < -0.39 is 17.6 Å². The van der Waals surface area contributed by atoms with Gasteiger partial charge in [0.1, 0.15) is 11.4 Å². The smallest absolute Gasteiger partial charge is 0.327 e. The third-order valence-corrected chi connectivity index (χ3v) is 6.44. The minimum atomic E-state index is -1.24. The molecule has 0 spiro atoms. The Morgan fingerprint density at radius 2 is 1.72 bits per heavy atom. The van der Waals surface area contributed by atoms with Crippen molar-refractivity contribution in [2.45, 2.75) is 24.4 Å². The highest BCUT2D eigenvalue weighted by Gasteiger charge is 2.59. The summed E-state index contributed by atoms with van der Waals surface area (Å²) >= 11 is 5.92. The molecule has 2 heterocycles. The van der Waals surface area contributed by atoms with Gasteiger partial charge in [-0.3, -0.25) is 14.5 Å². The van der Waals surface area contributed by atoms with Gasteiger partial charge in [-0.25, -0.2) is 9.18 Å². The molecule has 7 nitrogen and oxygen atoms in total. The fraction of sp³-hybridized carbons (Fsp3) is 0.348. The van der Waals surface area contributed by atoms with Gasteiger partial charge in [-0.15, -0.1) is 0 Å². The quantitative estimate of drug-likeness (QED) is 0.695. The van der Waals surface area contributed by atoms with E-state index in [9.17, 15) is 18.8 Å². The maximum Gasteiger partial charge on any atom is 0.327 e. The number of nitrogens with two attached hydrogens (primary N) is 1. The van der Waals surface area contributed by atoms with E-state index in [0.29, 0.717) is 17.0 Å². The highest BCUT2D eigenvalue weighted by molar-refractivity contribution is 6.30. The van der Waals surface area contributed by atoms with E-state index in [1.54, 1.807) is 29.2 Å². The summed E-state index contributed by atoms with van der Waals surface area (Å²) in [5, 5.41) is 0.598. The number of benzene rings is 2. The zero-order valence-electron chi connectivity index (χ0n) is 17.6. The third-order valence-electron chi connectivity index (χ3n) is 6.19. The van der Waals surface area contributed by atoms with Crippen LogP contribution in [0.3, 0.4) is 0 Å². The van der Waals surface area contributed by atoms with E-state index in [-0.39, 0.29) is 43.7 Å².